The average Bonchev–Trinajstić information content (AvgIpc) is 2.19. The maximum Gasteiger partial charge on any atom is 0.212 e. The van der Waals surface area contributed by atoms with Crippen LogP contribution >= 0.6 is 22.6 Å². The summed E-state index contributed by atoms with van der Waals surface area (Å²) in [4.78, 5) is 0. The van der Waals surface area contributed by atoms with Gasteiger partial charge in [-0.05, 0) is 12.1 Å². The fraction of sp³-hybridized carbons (Fsp3) is 0.182. The second-order valence-corrected chi connectivity index (χ2v) is 3.84. The van der Waals surface area contributed by atoms with Crippen LogP contribution in [0.15, 0.2) is 36.4 Å². The number of rotatable bonds is 1. The van der Waals surface area contributed by atoms with Crippen LogP contribution in [0.2, 0.25) is 0 Å². The van der Waals surface area contributed by atoms with Crippen LogP contribution in [0.25, 0.3) is 10.9 Å². The van der Waals surface area contributed by atoms with Crippen LogP contribution in [0.1, 0.15) is 5.69 Å². The summed E-state index contributed by atoms with van der Waals surface area (Å²) in [7, 11) is 2.12. The molecule has 0 saturated carbocycles. The lowest BCUT2D eigenvalue weighted by Crippen LogP contribution is -2.33. The van der Waals surface area contributed by atoms with Crippen molar-refractivity contribution < 1.29 is 4.57 Å². The summed E-state index contributed by atoms with van der Waals surface area (Å²) in [5, 5.41) is 1.30. The minimum absolute atomic E-state index is 1.05. The van der Waals surface area contributed by atoms with E-state index in [1.165, 1.54) is 16.6 Å². The molecule has 0 aliphatic carbocycles. The fourth-order valence-electron chi connectivity index (χ4n) is 1.52. The zero-order valence-corrected chi connectivity index (χ0v) is 9.65. The van der Waals surface area contributed by atoms with Crippen molar-refractivity contribution in [2.24, 2.45) is 7.05 Å². The van der Waals surface area contributed by atoms with E-state index >= 15 is 0 Å². The fourth-order valence-corrected chi connectivity index (χ4v) is 2.29. The summed E-state index contributed by atoms with van der Waals surface area (Å²) in [6.07, 6.45) is 0. The Kier molecular flexibility index (Phi) is 2.49. The second-order valence-electron chi connectivity index (χ2n) is 3.08. The lowest BCUT2D eigenvalue weighted by atomic mass is 10.2. The molecule has 1 heterocycles. The van der Waals surface area contributed by atoms with Crippen molar-refractivity contribution >= 4 is 33.5 Å². The Morgan fingerprint density at radius 1 is 1.15 bits per heavy atom. The smallest absolute Gasteiger partial charge is 0.198 e. The van der Waals surface area contributed by atoms with Crippen molar-refractivity contribution in [3.05, 3.63) is 42.1 Å². The van der Waals surface area contributed by atoms with Crippen LogP contribution in [-0.2, 0) is 11.5 Å². The van der Waals surface area contributed by atoms with E-state index in [1.807, 2.05) is 0 Å². The zero-order chi connectivity index (χ0) is 9.26. The zero-order valence-electron chi connectivity index (χ0n) is 7.50. The van der Waals surface area contributed by atoms with E-state index < -0.39 is 0 Å². The van der Waals surface area contributed by atoms with Gasteiger partial charge >= 0.3 is 0 Å². The van der Waals surface area contributed by atoms with Gasteiger partial charge in [0.05, 0.1) is 4.43 Å². The first-order valence-electron chi connectivity index (χ1n) is 4.25. The first-order valence-corrected chi connectivity index (χ1v) is 5.78. The summed E-state index contributed by atoms with van der Waals surface area (Å²) < 4.78 is 3.31. The van der Waals surface area contributed by atoms with E-state index in [0.717, 1.165) is 4.43 Å². The molecule has 2 heteroatoms. The van der Waals surface area contributed by atoms with Gasteiger partial charge in [-0.15, -0.1) is 0 Å². The highest BCUT2D eigenvalue weighted by molar-refractivity contribution is 14.1. The van der Waals surface area contributed by atoms with Gasteiger partial charge < -0.3 is 0 Å². The van der Waals surface area contributed by atoms with Gasteiger partial charge in [0.15, 0.2) is 5.69 Å². The van der Waals surface area contributed by atoms with Gasteiger partial charge in [0.25, 0.3) is 0 Å². The molecule has 1 nitrogen and oxygen atoms in total. The normalized spacial score (nSPS) is 10.6. The van der Waals surface area contributed by atoms with Crippen LogP contribution in [0.4, 0.5) is 0 Å². The van der Waals surface area contributed by atoms with Crippen molar-refractivity contribution in [2.45, 2.75) is 4.43 Å². The number of pyridine rings is 1. The first kappa shape index (κ1) is 8.94. The number of fused-ring (bicyclic) bond motifs is 1. The minimum atomic E-state index is 1.05. The van der Waals surface area contributed by atoms with Crippen LogP contribution in [0, 0.1) is 0 Å². The van der Waals surface area contributed by atoms with Crippen LogP contribution in [0.5, 0.6) is 0 Å². The maximum atomic E-state index is 2.39. The van der Waals surface area contributed by atoms with Crippen molar-refractivity contribution in [2.75, 3.05) is 0 Å². The SMILES string of the molecule is C[n+]1c(CI)ccc2ccccc21. The van der Waals surface area contributed by atoms with Gasteiger partial charge in [0, 0.05) is 17.5 Å². The largest absolute Gasteiger partial charge is 0.212 e. The van der Waals surface area contributed by atoms with Crippen LogP contribution in [-0.4, -0.2) is 0 Å². The Morgan fingerprint density at radius 3 is 2.69 bits per heavy atom. The first-order chi connectivity index (χ1) is 6.33. The van der Waals surface area contributed by atoms with E-state index in [1.54, 1.807) is 0 Å². The molecule has 0 aliphatic rings. The van der Waals surface area contributed by atoms with Crippen molar-refractivity contribution in [1.82, 2.24) is 0 Å². The lowest BCUT2D eigenvalue weighted by molar-refractivity contribution is -0.651. The second kappa shape index (κ2) is 3.62. The number of para-hydroxylation sites is 1. The highest BCUT2D eigenvalue weighted by atomic mass is 127. The van der Waals surface area contributed by atoms with Crippen LogP contribution in [0.3, 0.4) is 0 Å². The molecule has 0 atom stereocenters. The number of benzene rings is 1. The third kappa shape index (κ3) is 1.55. The predicted molar refractivity (Wildman–Crippen MR) is 62.8 cm³/mol. The molecule has 0 saturated heterocycles. The van der Waals surface area contributed by atoms with Crippen molar-refractivity contribution in [3.63, 3.8) is 0 Å². The molecule has 0 N–H and O–H groups in total. The van der Waals surface area contributed by atoms with Gasteiger partial charge in [0.2, 0.25) is 5.52 Å². The number of alkyl halides is 1. The number of hydrogen-bond acceptors (Lipinski definition) is 0. The maximum absolute atomic E-state index is 2.39. The molecule has 1 aromatic heterocycles. The monoisotopic (exact) mass is 284 g/mol. The summed E-state index contributed by atoms with van der Waals surface area (Å²) in [6, 6.07) is 12.8. The van der Waals surface area contributed by atoms with Gasteiger partial charge in [-0.25, -0.2) is 0 Å². The van der Waals surface area contributed by atoms with E-state index in [0.29, 0.717) is 0 Å². The highest BCUT2D eigenvalue weighted by Gasteiger charge is 2.08. The summed E-state index contributed by atoms with van der Waals surface area (Å²) in [6.45, 7) is 0. The Labute approximate surface area is 91.5 Å². The summed E-state index contributed by atoms with van der Waals surface area (Å²) in [5.41, 5.74) is 2.66. The predicted octanol–water partition coefficient (Wildman–Crippen LogP) is 2.60. The van der Waals surface area contributed by atoms with Crippen molar-refractivity contribution in [1.29, 1.82) is 0 Å². The molecule has 13 heavy (non-hydrogen) atoms. The Hall–Kier alpha value is -0.640. The molecule has 0 radical (unpaired) electrons. The molecule has 2 aromatic rings. The minimum Gasteiger partial charge on any atom is -0.198 e. The average molecular weight is 284 g/mol. The van der Waals surface area contributed by atoms with Gasteiger partial charge in [-0.3, -0.25) is 0 Å². The molecule has 66 valence electrons. The quantitative estimate of drug-likeness (QED) is 0.430. The molecular formula is C11H11IN+. The number of hydrogen-bond donors (Lipinski definition) is 0. The number of nitrogens with zero attached hydrogens (tertiary/aromatic N) is 1. The van der Waals surface area contributed by atoms with E-state index in [9.17, 15) is 0 Å². The Bertz CT molecular complexity index is 437. The molecule has 0 aliphatic heterocycles. The molecule has 0 unspecified atom stereocenters. The van der Waals surface area contributed by atoms with Crippen molar-refractivity contribution in [3.8, 4) is 0 Å². The molecular weight excluding hydrogens is 273 g/mol. The lowest BCUT2D eigenvalue weighted by Gasteiger charge is -1.99. The highest BCUT2D eigenvalue weighted by Crippen LogP contribution is 2.11. The van der Waals surface area contributed by atoms with E-state index in [-0.39, 0.29) is 0 Å². The Morgan fingerprint density at radius 2 is 1.92 bits per heavy atom. The molecule has 0 bridgehead atoms. The van der Waals surface area contributed by atoms with Gasteiger partial charge in [0.1, 0.15) is 7.05 Å². The summed E-state index contributed by atoms with van der Waals surface area (Å²) >= 11 is 2.39. The Balaban J connectivity index is 2.79. The number of halogens is 1. The van der Waals surface area contributed by atoms with Gasteiger partial charge in [-0.2, -0.15) is 4.57 Å². The van der Waals surface area contributed by atoms with Gasteiger partial charge in [-0.1, -0.05) is 34.7 Å². The molecule has 0 amide bonds. The molecule has 0 spiro atoms. The molecule has 0 fully saturated rings. The van der Waals surface area contributed by atoms with Crippen LogP contribution < -0.4 is 4.57 Å². The third-order valence-corrected chi connectivity index (χ3v) is 3.10. The molecule has 1 aromatic carbocycles. The van der Waals surface area contributed by atoms with E-state index in [2.05, 4.69) is 70.6 Å². The number of aromatic nitrogens is 1. The summed E-state index contributed by atoms with van der Waals surface area (Å²) in [5.74, 6) is 0. The van der Waals surface area contributed by atoms with E-state index in [4.69, 9.17) is 0 Å². The topological polar surface area (TPSA) is 3.88 Å². The standard InChI is InChI=1S/C11H11IN/c1-13-10(8-12)7-6-9-4-2-3-5-11(9)13/h2-7H,8H2,1H3/q+1. The molecule has 2 rings (SSSR count). The number of aryl methyl sites for hydroxylation is 1. The third-order valence-electron chi connectivity index (χ3n) is 2.32.